The molecule has 6 heteroatoms. The van der Waals surface area contributed by atoms with Crippen LogP contribution in [0, 0.1) is 0 Å². The van der Waals surface area contributed by atoms with Crippen molar-refractivity contribution in [3.05, 3.63) is 90.0 Å². The largest absolute Gasteiger partial charge is 0.508 e. The molecule has 1 amide bonds. The number of para-hydroxylation sites is 2. The lowest BCUT2D eigenvalue weighted by Gasteiger charge is -2.11. The van der Waals surface area contributed by atoms with Crippen LogP contribution in [-0.2, 0) is 0 Å². The molecule has 0 unspecified atom stereocenters. The minimum Gasteiger partial charge on any atom is -0.508 e. The summed E-state index contributed by atoms with van der Waals surface area (Å²) in [6.07, 6.45) is 1.47. The molecule has 0 bridgehead atoms. The summed E-state index contributed by atoms with van der Waals surface area (Å²) < 4.78 is 5.45. The normalized spacial score (nSPS) is 11.0. The third-order valence-electron chi connectivity index (χ3n) is 4.59. The number of hydrogen-bond acceptors (Lipinski definition) is 5. The van der Waals surface area contributed by atoms with Gasteiger partial charge in [0.05, 0.1) is 30.1 Å². The number of phenols is 1. The first-order chi connectivity index (χ1) is 14.7. The van der Waals surface area contributed by atoms with Crippen molar-refractivity contribution in [1.29, 1.82) is 0 Å². The first-order valence-electron chi connectivity index (χ1n) is 9.31. The van der Waals surface area contributed by atoms with E-state index in [1.807, 2.05) is 48.5 Å². The van der Waals surface area contributed by atoms with Crippen molar-refractivity contribution in [3.8, 4) is 22.8 Å². The summed E-state index contributed by atoms with van der Waals surface area (Å²) in [6, 6.07) is 23.3. The molecule has 0 aliphatic heterocycles. The third kappa shape index (κ3) is 3.98. The number of hydrazone groups is 1. The molecule has 0 aliphatic carbocycles. The fraction of sp³-hybridized carbons (Fsp3) is 0.0417. The molecule has 4 rings (SSSR count). The third-order valence-corrected chi connectivity index (χ3v) is 4.59. The van der Waals surface area contributed by atoms with Crippen LogP contribution in [-0.4, -0.2) is 29.3 Å². The SMILES string of the molecule is COc1ccccc1-c1cc(C(=O)N/N=C\c2cccc(O)c2)c2ccccc2n1. The number of aromatic nitrogens is 1. The van der Waals surface area contributed by atoms with Gasteiger partial charge in [-0.05, 0) is 42.0 Å². The van der Waals surface area contributed by atoms with Crippen molar-refractivity contribution in [1.82, 2.24) is 10.4 Å². The summed E-state index contributed by atoms with van der Waals surface area (Å²) in [5.74, 6) is 0.446. The van der Waals surface area contributed by atoms with E-state index in [4.69, 9.17) is 9.72 Å². The van der Waals surface area contributed by atoms with Crippen molar-refractivity contribution in [3.63, 3.8) is 0 Å². The molecule has 0 atom stereocenters. The number of fused-ring (bicyclic) bond motifs is 1. The monoisotopic (exact) mass is 397 g/mol. The zero-order valence-corrected chi connectivity index (χ0v) is 16.2. The fourth-order valence-corrected chi connectivity index (χ4v) is 3.19. The van der Waals surface area contributed by atoms with Crippen LogP contribution >= 0.6 is 0 Å². The van der Waals surface area contributed by atoms with E-state index >= 15 is 0 Å². The maximum Gasteiger partial charge on any atom is 0.272 e. The molecule has 4 aromatic rings. The number of rotatable bonds is 5. The Kier molecular flexibility index (Phi) is 5.39. The van der Waals surface area contributed by atoms with E-state index < -0.39 is 0 Å². The second-order valence-corrected chi connectivity index (χ2v) is 6.57. The number of ether oxygens (including phenoxy) is 1. The van der Waals surface area contributed by atoms with E-state index in [0.717, 1.165) is 10.9 Å². The van der Waals surface area contributed by atoms with E-state index in [9.17, 15) is 9.90 Å². The molecule has 2 N–H and O–H groups in total. The molecule has 0 saturated carbocycles. The molecular weight excluding hydrogens is 378 g/mol. The maximum atomic E-state index is 12.9. The van der Waals surface area contributed by atoms with E-state index in [1.54, 1.807) is 37.4 Å². The van der Waals surface area contributed by atoms with Crippen LogP contribution in [0.25, 0.3) is 22.2 Å². The smallest absolute Gasteiger partial charge is 0.272 e. The zero-order chi connectivity index (χ0) is 20.9. The van der Waals surface area contributed by atoms with Gasteiger partial charge in [0.15, 0.2) is 0 Å². The standard InChI is InChI=1S/C24H19N3O3/c1-30-23-12-5-3-10-19(23)22-14-20(18-9-2-4-11-21(18)26-22)24(29)27-25-15-16-7-6-8-17(28)13-16/h2-15,28H,1H3,(H,27,29)/b25-15-. The average molecular weight is 397 g/mol. The number of amides is 1. The lowest BCUT2D eigenvalue weighted by atomic mass is 10.0. The maximum absolute atomic E-state index is 12.9. The summed E-state index contributed by atoms with van der Waals surface area (Å²) >= 11 is 0. The highest BCUT2D eigenvalue weighted by Crippen LogP contribution is 2.31. The van der Waals surface area contributed by atoms with Gasteiger partial charge in [-0.25, -0.2) is 10.4 Å². The van der Waals surface area contributed by atoms with Gasteiger partial charge in [0.2, 0.25) is 0 Å². The minimum atomic E-state index is -0.360. The van der Waals surface area contributed by atoms with Crippen LogP contribution in [0.1, 0.15) is 15.9 Å². The topological polar surface area (TPSA) is 83.8 Å². The molecule has 0 fully saturated rings. The molecule has 1 aromatic heterocycles. The number of phenolic OH excluding ortho intramolecular Hbond substituents is 1. The number of aromatic hydroxyl groups is 1. The molecule has 3 aromatic carbocycles. The van der Waals surface area contributed by atoms with Gasteiger partial charge < -0.3 is 9.84 Å². The van der Waals surface area contributed by atoms with Crippen LogP contribution in [0.3, 0.4) is 0 Å². The van der Waals surface area contributed by atoms with Crippen molar-refractivity contribution in [2.75, 3.05) is 7.11 Å². The molecule has 30 heavy (non-hydrogen) atoms. The number of carbonyl (C=O) groups is 1. The first-order valence-corrected chi connectivity index (χ1v) is 9.31. The number of nitrogens with one attached hydrogen (secondary N) is 1. The predicted octanol–water partition coefficient (Wildman–Crippen LogP) is 4.38. The Morgan fingerprint density at radius 2 is 1.83 bits per heavy atom. The molecule has 0 spiro atoms. The van der Waals surface area contributed by atoms with E-state index in [1.165, 1.54) is 6.21 Å². The fourth-order valence-electron chi connectivity index (χ4n) is 3.19. The second-order valence-electron chi connectivity index (χ2n) is 6.57. The highest BCUT2D eigenvalue weighted by molar-refractivity contribution is 6.07. The number of methoxy groups -OCH3 is 1. The summed E-state index contributed by atoms with van der Waals surface area (Å²) in [5, 5.41) is 14.3. The van der Waals surface area contributed by atoms with Gasteiger partial charge in [0.25, 0.3) is 5.91 Å². The number of nitrogens with zero attached hydrogens (tertiary/aromatic N) is 2. The number of benzene rings is 3. The van der Waals surface area contributed by atoms with E-state index in [-0.39, 0.29) is 11.7 Å². The minimum absolute atomic E-state index is 0.131. The van der Waals surface area contributed by atoms with Crippen LogP contribution in [0.15, 0.2) is 84.0 Å². The van der Waals surface area contributed by atoms with Gasteiger partial charge in [-0.1, -0.05) is 42.5 Å². The van der Waals surface area contributed by atoms with Crippen LogP contribution in [0.5, 0.6) is 11.5 Å². The lowest BCUT2D eigenvalue weighted by Crippen LogP contribution is -2.18. The quantitative estimate of drug-likeness (QED) is 0.387. The highest BCUT2D eigenvalue weighted by Gasteiger charge is 2.15. The average Bonchev–Trinajstić information content (AvgIpc) is 2.78. The molecule has 0 saturated heterocycles. The Labute approximate surface area is 173 Å². The molecule has 1 heterocycles. The Hall–Kier alpha value is -4.19. The highest BCUT2D eigenvalue weighted by atomic mass is 16.5. The molecule has 6 nitrogen and oxygen atoms in total. The predicted molar refractivity (Wildman–Crippen MR) is 117 cm³/mol. The van der Waals surface area contributed by atoms with Gasteiger partial charge in [-0.3, -0.25) is 4.79 Å². The van der Waals surface area contributed by atoms with Gasteiger partial charge in [-0.2, -0.15) is 5.10 Å². The van der Waals surface area contributed by atoms with E-state index in [0.29, 0.717) is 28.1 Å². The molecule has 0 radical (unpaired) electrons. The summed E-state index contributed by atoms with van der Waals surface area (Å²) in [4.78, 5) is 17.6. The molecule has 0 aliphatic rings. The summed E-state index contributed by atoms with van der Waals surface area (Å²) in [7, 11) is 1.60. The van der Waals surface area contributed by atoms with Gasteiger partial charge in [0.1, 0.15) is 11.5 Å². The second kappa shape index (κ2) is 8.45. The molecule has 148 valence electrons. The Morgan fingerprint density at radius 3 is 2.67 bits per heavy atom. The summed E-state index contributed by atoms with van der Waals surface area (Å²) in [6.45, 7) is 0. The Morgan fingerprint density at radius 1 is 1.03 bits per heavy atom. The Bertz CT molecular complexity index is 1250. The van der Waals surface area contributed by atoms with E-state index in [2.05, 4.69) is 10.5 Å². The number of pyridine rings is 1. The Balaban J connectivity index is 1.71. The van der Waals surface area contributed by atoms with Crippen LogP contribution < -0.4 is 10.2 Å². The van der Waals surface area contributed by atoms with Crippen molar-refractivity contribution < 1.29 is 14.6 Å². The first kappa shape index (κ1) is 19.1. The molecular formula is C24H19N3O3. The lowest BCUT2D eigenvalue weighted by molar-refractivity contribution is 0.0956. The number of hydrogen-bond donors (Lipinski definition) is 2. The van der Waals surface area contributed by atoms with Gasteiger partial charge in [0, 0.05) is 10.9 Å². The van der Waals surface area contributed by atoms with Crippen molar-refractivity contribution in [2.24, 2.45) is 5.10 Å². The van der Waals surface area contributed by atoms with Gasteiger partial charge in [-0.15, -0.1) is 0 Å². The van der Waals surface area contributed by atoms with Gasteiger partial charge >= 0.3 is 0 Å². The van der Waals surface area contributed by atoms with Crippen molar-refractivity contribution >= 4 is 23.0 Å². The number of carbonyl (C=O) groups excluding carboxylic acids is 1. The summed E-state index contributed by atoms with van der Waals surface area (Å²) in [5.41, 5.74) is 5.80. The van der Waals surface area contributed by atoms with Crippen LogP contribution in [0.4, 0.5) is 0 Å². The zero-order valence-electron chi connectivity index (χ0n) is 16.2. The van der Waals surface area contributed by atoms with Crippen molar-refractivity contribution in [2.45, 2.75) is 0 Å². The van der Waals surface area contributed by atoms with Crippen LogP contribution in [0.2, 0.25) is 0 Å².